The molecule has 2 atom stereocenters. The Bertz CT molecular complexity index is 856. The minimum Gasteiger partial charge on any atom is -0.441 e. The van der Waals surface area contributed by atoms with Crippen molar-refractivity contribution in [3.8, 4) is 0 Å². The zero-order valence-electron chi connectivity index (χ0n) is 17.7. The zero-order valence-corrected chi connectivity index (χ0v) is 17.7. The molecule has 3 aliphatic heterocycles. The fourth-order valence-electron chi connectivity index (χ4n) is 4.81. The van der Waals surface area contributed by atoms with Gasteiger partial charge in [-0.05, 0) is 32.0 Å². The number of piperidine rings is 1. The molecule has 0 radical (unpaired) electrons. The molecular weight excluding hydrogens is 403 g/mol. The third kappa shape index (κ3) is 4.81. The Balaban J connectivity index is 1.32. The summed E-state index contributed by atoms with van der Waals surface area (Å²) in [7, 11) is 1.93. The predicted molar refractivity (Wildman–Crippen MR) is 111 cm³/mol. The van der Waals surface area contributed by atoms with Crippen LogP contribution in [-0.2, 0) is 9.53 Å². The van der Waals surface area contributed by atoms with Gasteiger partial charge in [0, 0.05) is 45.1 Å². The van der Waals surface area contributed by atoms with Crippen molar-refractivity contribution in [3.63, 3.8) is 0 Å². The Morgan fingerprint density at radius 3 is 2.61 bits per heavy atom. The topological polar surface area (TPSA) is 91.0 Å². The quantitative estimate of drug-likeness (QED) is 0.753. The Hall–Kier alpha value is -2.68. The summed E-state index contributed by atoms with van der Waals surface area (Å²) in [4.78, 5) is 40.9. The highest BCUT2D eigenvalue weighted by Gasteiger charge is 2.44. The molecule has 0 bridgehead atoms. The van der Waals surface area contributed by atoms with E-state index < -0.39 is 17.3 Å². The minimum atomic E-state index is -0.541. The number of alkyl carbamates (subject to hydrolysis) is 1. The molecule has 3 aliphatic rings. The van der Waals surface area contributed by atoms with Gasteiger partial charge in [0.05, 0.1) is 18.0 Å². The summed E-state index contributed by atoms with van der Waals surface area (Å²) in [5.74, 6) is -1.01. The van der Waals surface area contributed by atoms with E-state index in [9.17, 15) is 18.8 Å². The standard InChI is InChI=1S/C22H29FN4O4/c1-26-12-15(20(29)27-10-8-22(9-11-27)14-24-21(30)31-22)6-7-16(13-26)25-19(28)17-4-2-3-5-18(17)23/h2-5,15-16H,6-14H2,1H3,(H,24,30)(H,25,28)/t15-,16+/m1/s1. The highest BCUT2D eigenvalue weighted by molar-refractivity contribution is 5.94. The Labute approximate surface area is 181 Å². The van der Waals surface area contributed by atoms with Crippen LogP contribution in [0.2, 0.25) is 0 Å². The van der Waals surface area contributed by atoms with Gasteiger partial charge >= 0.3 is 6.09 Å². The molecule has 2 N–H and O–H groups in total. The average Bonchev–Trinajstić information content (AvgIpc) is 2.99. The number of halogens is 1. The van der Waals surface area contributed by atoms with Gasteiger partial charge in [-0.25, -0.2) is 9.18 Å². The smallest absolute Gasteiger partial charge is 0.407 e. The van der Waals surface area contributed by atoms with Gasteiger partial charge in [-0.3, -0.25) is 9.59 Å². The Morgan fingerprint density at radius 1 is 1.19 bits per heavy atom. The molecule has 168 valence electrons. The van der Waals surface area contributed by atoms with E-state index >= 15 is 0 Å². The van der Waals surface area contributed by atoms with Crippen LogP contribution >= 0.6 is 0 Å². The SMILES string of the molecule is CN1C[C@@H](NC(=O)c2ccccc2F)CC[C@@H](C(=O)N2CCC3(CC2)CNC(=O)O3)C1. The zero-order chi connectivity index (χ0) is 22.0. The van der Waals surface area contributed by atoms with Crippen LogP contribution < -0.4 is 10.6 Å². The van der Waals surface area contributed by atoms with E-state index in [1.54, 1.807) is 12.1 Å². The lowest BCUT2D eigenvalue weighted by atomic mass is 9.90. The molecule has 4 rings (SSSR count). The van der Waals surface area contributed by atoms with Crippen LogP contribution in [0.5, 0.6) is 0 Å². The van der Waals surface area contributed by atoms with E-state index in [1.165, 1.54) is 12.1 Å². The van der Waals surface area contributed by atoms with Gasteiger partial charge in [0.1, 0.15) is 11.4 Å². The number of ether oxygens (including phenoxy) is 1. The van der Waals surface area contributed by atoms with E-state index in [4.69, 9.17) is 4.74 Å². The number of amides is 3. The fraction of sp³-hybridized carbons (Fsp3) is 0.591. The molecule has 3 heterocycles. The summed E-state index contributed by atoms with van der Waals surface area (Å²) in [6, 6.07) is 5.78. The molecule has 0 saturated carbocycles. The second-order valence-electron chi connectivity index (χ2n) is 8.90. The van der Waals surface area contributed by atoms with Crippen LogP contribution in [0.25, 0.3) is 0 Å². The van der Waals surface area contributed by atoms with E-state index in [1.807, 2.05) is 11.9 Å². The minimum absolute atomic E-state index is 0.0337. The van der Waals surface area contributed by atoms with Gasteiger partial charge in [-0.1, -0.05) is 12.1 Å². The first-order chi connectivity index (χ1) is 14.8. The number of nitrogens with one attached hydrogen (secondary N) is 2. The lowest BCUT2D eigenvalue weighted by Crippen LogP contribution is -2.50. The highest BCUT2D eigenvalue weighted by atomic mass is 19.1. The average molecular weight is 432 g/mol. The largest absolute Gasteiger partial charge is 0.441 e. The number of hydrogen-bond donors (Lipinski definition) is 2. The van der Waals surface area contributed by atoms with E-state index in [0.717, 1.165) is 0 Å². The van der Waals surface area contributed by atoms with Crippen molar-refractivity contribution < 1.29 is 23.5 Å². The number of carbonyl (C=O) groups is 3. The second-order valence-corrected chi connectivity index (χ2v) is 8.90. The van der Waals surface area contributed by atoms with Gasteiger partial charge in [0.2, 0.25) is 5.91 Å². The summed E-state index contributed by atoms with van der Waals surface area (Å²) < 4.78 is 19.3. The summed E-state index contributed by atoms with van der Waals surface area (Å²) in [5.41, 5.74) is -0.442. The predicted octanol–water partition coefficient (Wildman–Crippen LogP) is 1.37. The number of likely N-dealkylation sites (tertiary alicyclic amines) is 2. The first kappa shape index (κ1) is 21.5. The molecule has 0 aliphatic carbocycles. The van der Waals surface area contributed by atoms with Gasteiger partial charge in [-0.2, -0.15) is 0 Å². The van der Waals surface area contributed by atoms with E-state index in [0.29, 0.717) is 58.4 Å². The van der Waals surface area contributed by atoms with Crippen molar-refractivity contribution in [3.05, 3.63) is 35.6 Å². The van der Waals surface area contributed by atoms with Crippen LogP contribution in [0.1, 0.15) is 36.0 Å². The van der Waals surface area contributed by atoms with Crippen molar-refractivity contribution in [1.82, 2.24) is 20.4 Å². The van der Waals surface area contributed by atoms with Crippen molar-refractivity contribution >= 4 is 17.9 Å². The lowest BCUT2D eigenvalue weighted by Gasteiger charge is -2.38. The first-order valence-electron chi connectivity index (χ1n) is 10.8. The van der Waals surface area contributed by atoms with Crippen molar-refractivity contribution in [2.75, 3.05) is 39.8 Å². The summed E-state index contributed by atoms with van der Waals surface area (Å²) in [6.07, 6.45) is 2.21. The van der Waals surface area contributed by atoms with Crippen LogP contribution in [0, 0.1) is 11.7 Å². The molecule has 9 heteroatoms. The molecule has 3 saturated heterocycles. The number of benzene rings is 1. The first-order valence-corrected chi connectivity index (χ1v) is 10.8. The second kappa shape index (κ2) is 8.82. The molecule has 0 unspecified atom stereocenters. The van der Waals surface area contributed by atoms with Crippen LogP contribution in [0.15, 0.2) is 24.3 Å². The van der Waals surface area contributed by atoms with Crippen molar-refractivity contribution in [2.24, 2.45) is 5.92 Å². The maximum atomic E-state index is 13.9. The van der Waals surface area contributed by atoms with E-state index in [-0.39, 0.29) is 29.5 Å². The molecule has 1 aromatic rings. The van der Waals surface area contributed by atoms with E-state index in [2.05, 4.69) is 15.5 Å². The van der Waals surface area contributed by atoms with Crippen molar-refractivity contribution in [2.45, 2.75) is 37.3 Å². The maximum absolute atomic E-state index is 13.9. The van der Waals surface area contributed by atoms with Crippen LogP contribution in [-0.4, -0.2) is 79.1 Å². The lowest BCUT2D eigenvalue weighted by molar-refractivity contribution is -0.139. The number of hydrogen-bond acceptors (Lipinski definition) is 5. The molecule has 3 amide bonds. The summed E-state index contributed by atoms with van der Waals surface area (Å²) >= 11 is 0. The summed E-state index contributed by atoms with van der Waals surface area (Å²) in [5, 5.41) is 5.63. The van der Waals surface area contributed by atoms with Gasteiger partial charge in [0.25, 0.3) is 5.91 Å². The number of rotatable bonds is 3. The fourth-order valence-corrected chi connectivity index (χ4v) is 4.81. The Morgan fingerprint density at radius 2 is 1.94 bits per heavy atom. The van der Waals surface area contributed by atoms with Gasteiger partial charge in [-0.15, -0.1) is 0 Å². The molecule has 1 spiro atoms. The third-order valence-corrected chi connectivity index (χ3v) is 6.58. The molecule has 3 fully saturated rings. The number of nitrogens with zero attached hydrogens (tertiary/aromatic N) is 2. The number of likely N-dealkylation sites (N-methyl/N-ethyl adjacent to an activating group) is 1. The normalized spacial score (nSPS) is 26.1. The Kier molecular flexibility index (Phi) is 6.13. The highest BCUT2D eigenvalue weighted by Crippen LogP contribution is 2.30. The summed E-state index contributed by atoms with van der Waals surface area (Å²) in [6.45, 7) is 2.87. The van der Waals surface area contributed by atoms with Crippen LogP contribution in [0.3, 0.4) is 0 Å². The molecule has 8 nitrogen and oxygen atoms in total. The molecule has 1 aromatic carbocycles. The third-order valence-electron chi connectivity index (χ3n) is 6.58. The van der Waals surface area contributed by atoms with Gasteiger partial charge < -0.3 is 25.2 Å². The maximum Gasteiger partial charge on any atom is 0.407 e. The molecular formula is C22H29FN4O4. The monoisotopic (exact) mass is 432 g/mol. The molecule has 31 heavy (non-hydrogen) atoms. The van der Waals surface area contributed by atoms with Gasteiger partial charge in [0.15, 0.2) is 0 Å². The van der Waals surface area contributed by atoms with Crippen molar-refractivity contribution in [1.29, 1.82) is 0 Å². The number of carbonyl (C=O) groups excluding carboxylic acids is 3. The molecule has 0 aromatic heterocycles. The van der Waals surface area contributed by atoms with Crippen LogP contribution in [0.4, 0.5) is 9.18 Å².